The fourth-order valence-electron chi connectivity index (χ4n) is 2.98. The van der Waals surface area contributed by atoms with E-state index in [9.17, 15) is 27.2 Å². The third kappa shape index (κ3) is 3.37. The van der Waals surface area contributed by atoms with Crippen molar-refractivity contribution in [2.75, 3.05) is 4.90 Å². The predicted octanol–water partition coefficient (Wildman–Crippen LogP) is 3.62. The first kappa shape index (κ1) is 19.1. The number of carbonyl (C=O) groups excluding carboxylic acids is 1. The molecule has 1 N–H and O–H groups in total. The van der Waals surface area contributed by atoms with E-state index in [0.717, 1.165) is 17.0 Å². The van der Waals surface area contributed by atoms with Gasteiger partial charge in [-0.05, 0) is 12.1 Å². The van der Waals surface area contributed by atoms with Crippen LogP contribution in [0.5, 0.6) is 5.75 Å². The molecule has 4 rings (SSSR count). The van der Waals surface area contributed by atoms with E-state index >= 15 is 0 Å². The van der Waals surface area contributed by atoms with Gasteiger partial charge in [-0.15, -0.1) is 11.3 Å². The summed E-state index contributed by atoms with van der Waals surface area (Å²) < 4.78 is 59.9. The number of hydrogen-bond donors (Lipinski definition) is 1. The third-order valence-corrected chi connectivity index (χ3v) is 5.27. The molecule has 29 heavy (non-hydrogen) atoms. The van der Waals surface area contributed by atoms with E-state index in [0.29, 0.717) is 17.4 Å². The summed E-state index contributed by atoms with van der Waals surface area (Å²) in [5.74, 6) is -6.44. The summed E-state index contributed by atoms with van der Waals surface area (Å²) in [7, 11) is 0. The Morgan fingerprint density at radius 3 is 2.69 bits per heavy atom. The van der Waals surface area contributed by atoms with E-state index in [2.05, 4.69) is 4.98 Å². The summed E-state index contributed by atoms with van der Waals surface area (Å²) in [6.07, 6.45) is -2.08. The number of amides is 1. The number of nitrogens with zero attached hydrogens (tertiary/aromatic N) is 2. The van der Waals surface area contributed by atoms with Gasteiger partial charge < -0.3 is 9.84 Å². The first-order chi connectivity index (χ1) is 13.7. The van der Waals surface area contributed by atoms with Crippen molar-refractivity contribution in [3.63, 3.8) is 0 Å². The topological polar surface area (TPSA) is 79.7 Å². The van der Waals surface area contributed by atoms with Crippen LogP contribution in [0.2, 0.25) is 0 Å². The number of hydrogen-bond acceptors (Lipinski definition) is 5. The maximum absolute atomic E-state index is 14.0. The van der Waals surface area contributed by atoms with E-state index in [1.165, 1.54) is 6.07 Å². The number of halogens is 4. The van der Waals surface area contributed by atoms with Crippen molar-refractivity contribution in [2.24, 2.45) is 0 Å². The molecule has 0 bridgehead atoms. The molecule has 0 fully saturated rings. The lowest BCUT2D eigenvalue weighted by Crippen LogP contribution is -2.46. The van der Waals surface area contributed by atoms with Crippen molar-refractivity contribution in [1.82, 2.24) is 4.98 Å². The number of rotatable bonds is 4. The van der Waals surface area contributed by atoms with E-state index in [4.69, 9.17) is 9.84 Å². The van der Waals surface area contributed by atoms with Crippen LogP contribution in [-0.2, 0) is 16.1 Å². The number of ether oxygens (including phenoxy) is 1. The Bertz CT molecular complexity index is 1170. The van der Waals surface area contributed by atoms with Crippen LogP contribution in [0.4, 0.5) is 23.2 Å². The molecule has 1 atom stereocenters. The van der Waals surface area contributed by atoms with Crippen molar-refractivity contribution >= 4 is 39.1 Å². The van der Waals surface area contributed by atoms with Crippen molar-refractivity contribution in [2.45, 2.75) is 19.1 Å². The molecule has 2 aromatic carbocycles. The second kappa shape index (κ2) is 6.99. The highest BCUT2D eigenvalue weighted by Gasteiger charge is 2.36. The summed E-state index contributed by atoms with van der Waals surface area (Å²) >= 11 is 0.650. The molecule has 1 aliphatic heterocycles. The van der Waals surface area contributed by atoms with Gasteiger partial charge in [-0.3, -0.25) is 14.5 Å². The number of aliphatic carboxylic acids is 1. The molecule has 1 unspecified atom stereocenters. The molecule has 0 spiro atoms. The highest BCUT2D eigenvalue weighted by atomic mass is 32.1. The highest BCUT2D eigenvalue weighted by Crippen LogP contribution is 2.37. The molecule has 0 radical (unpaired) electrons. The lowest BCUT2D eigenvalue weighted by molar-refractivity contribution is -0.142. The van der Waals surface area contributed by atoms with Crippen molar-refractivity contribution < 1.29 is 37.0 Å². The third-order valence-electron chi connectivity index (χ3n) is 4.24. The molecular weight excluding hydrogens is 416 g/mol. The van der Waals surface area contributed by atoms with Gasteiger partial charge in [0.15, 0.2) is 23.6 Å². The Kier molecular flexibility index (Phi) is 4.61. The molecule has 3 aromatic rings. The largest absolute Gasteiger partial charge is 0.481 e. The van der Waals surface area contributed by atoms with Gasteiger partial charge in [0.2, 0.25) is 0 Å². The van der Waals surface area contributed by atoms with E-state index < -0.39 is 47.7 Å². The first-order valence-corrected chi connectivity index (χ1v) is 8.98. The van der Waals surface area contributed by atoms with Crippen LogP contribution < -0.4 is 9.64 Å². The zero-order valence-electron chi connectivity index (χ0n) is 14.3. The molecule has 6 nitrogen and oxygen atoms in total. The van der Waals surface area contributed by atoms with Gasteiger partial charge >= 0.3 is 5.97 Å². The van der Waals surface area contributed by atoms with Crippen LogP contribution >= 0.6 is 11.3 Å². The molecule has 0 saturated heterocycles. The Morgan fingerprint density at radius 1 is 1.21 bits per heavy atom. The summed E-state index contributed by atoms with van der Waals surface area (Å²) in [6.45, 7) is -0.295. The fraction of sp³-hybridized carbons (Fsp3) is 0.167. The standard InChI is InChI=1S/C18H10F4N2O4S/c19-7-1-2-10-11(3-7)28-12(5-14(25)26)18(27)24(10)6-13-23-16-9(21)4-8(20)15(22)17(16)29-13/h1-4,12H,5-6H2,(H,25,26). The Morgan fingerprint density at radius 2 is 1.97 bits per heavy atom. The van der Waals surface area contributed by atoms with Crippen LogP contribution in [0.25, 0.3) is 10.2 Å². The van der Waals surface area contributed by atoms with E-state index in [1.54, 1.807) is 0 Å². The first-order valence-electron chi connectivity index (χ1n) is 8.17. The minimum atomic E-state index is -1.41. The average molecular weight is 426 g/mol. The summed E-state index contributed by atoms with van der Waals surface area (Å²) in [5, 5.41) is 9.06. The van der Waals surface area contributed by atoms with Gasteiger partial charge in [-0.1, -0.05) is 0 Å². The van der Waals surface area contributed by atoms with Crippen LogP contribution in [0.1, 0.15) is 11.4 Å². The maximum Gasteiger partial charge on any atom is 0.307 e. The number of carbonyl (C=O) groups is 2. The number of fused-ring (bicyclic) bond motifs is 2. The Labute approximate surface area is 164 Å². The lowest BCUT2D eigenvalue weighted by Gasteiger charge is -2.33. The quantitative estimate of drug-likeness (QED) is 0.509. The van der Waals surface area contributed by atoms with Gasteiger partial charge in [0, 0.05) is 12.1 Å². The molecule has 0 aliphatic carbocycles. The van der Waals surface area contributed by atoms with Crippen molar-refractivity contribution in [1.29, 1.82) is 0 Å². The second-order valence-corrected chi connectivity index (χ2v) is 7.26. The molecule has 1 aromatic heterocycles. The summed E-state index contributed by atoms with van der Waals surface area (Å²) in [5.41, 5.74) is -0.240. The minimum absolute atomic E-state index is 0.0552. The number of carboxylic acids is 1. The average Bonchev–Trinajstić information content (AvgIpc) is 3.07. The van der Waals surface area contributed by atoms with Crippen LogP contribution in [0, 0.1) is 23.3 Å². The zero-order valence-corrected chi connectivity index (χ0v) is 15.1. The van der Waals surface area contributed by atoms with Gasteiger partial charge in [0.1, 0.15) is 22.1 Å². The Hall–Kier alpha value is -3.21. The molecule has 11 heteroatoms. The van der Waals surface area contributed by atoms with Crippen LogP contribution in [0.3, 0.4) is 0 Å². The zero-order chi connectivity index (χ0) is 20.9. The van der Waals surface area contributed by atoms with Crippen molar-refractivity contribution in [3.8, 4) is 5.75 Å². The van der Waals surface area contributed by atoms with Gasteiger partial charge in [0.05, 0.1) is 23.4 Å². The number of benzene rings is 2. The van der Waals surface area contributed by atoms with Gasteiger partial charge in [-0.2, -0.15) is 0 Å². The monoisotopic (exact) mass is 426 g/mol. The Balaban J connectivity index is 1.76. The lowest BCUT2D eigenvalue weighted by atomic mass is 10.1. The SMILES string of the molecule is O=C(O)CC1Oc2cc(F)ccc2N(Cc2nc3c(F)cc(F)c(F)c3s2)C1=O. The fourth-order valence-corrected chi connectivity index (χ4v) is 3.97. The van der Waals surface area contributed by atoms with Gasteiger partial charge in [-0.25, -0.2) is 22.5 Å². The summed E-state index contributed by atoms with van der Waals surface area (Å²) in [6, 6.07) is 3.71. The van der Waals surface area contributed by atoms with Crippen molar-refractivity contribution in [3.05, 3.63) is 52.5 Å². The number of anilines is 1. The molecule has 150 valence electrons. The van der Waals surface area contributed by atoms with Crippen LogP contribution in [0.15, 0.2) is 24.3 Å². The minimum Gasteiger partial charge on any atom is -0.481 e. The molecule has 2 heterocycles. The number of aromatic nitrogens is 1. The molecule has 1 amide bonds. The normalized spacial score (nSPS) is 16.1. The molecular formula is C18H10F4N2O4S. The number of thiazole rings is 1. The molecule has 0 saturated carbocycles. The van der Waals surface area contributed by atoms with E-state index in [1.807, 2.05) is 0 Å². The maximum atomic E-state index is 14.0. The predicted molar refractivity (Wildman–Crippen MR) is 93.8 cm³/mol. The number of carboxylic acid groups (broad SMARTS) is 1. The molecule has 1 aliphatic rings. The van der Waals surface area contributed by atoms with Gasteiger partial charge in [0.25, 0.3) is 5.91 Å². The highest BCUT2D eigenvalue weighted by molar-refractivity contribution is 7.18. The summed E-state index contributed by atoms with van der Waals surface area (Å²) in [4.78, 5) is 28.8. The van der Waals surface area contributed by atoms with E-state index in [-0.39, 0.29) is 33.2 Å². The van der Waals surface area contributed by atoms with Crippen LogP contribution in [-0.4, -0.2) is 28.1 Å². The smallest absolute Gasteiger partial charge is 0.307 e. The second-order valence-electron chi connectivity index (χ2n) is 6.18.